The van der Waals surface area contributed by atoms with Crippen LogP contribution >= 0.6 is 12.4 Å². The SMILES string of the molecule is Cl.NCCCC1=CNCN1[C@H]1COc2c(F)cc(F)cc2C1. The molecule has 3 rings (SSSR count). The van der Waals surface area contributed by atoms with Crippen LogP contribution in [0, 0.1) is 11.6 Å². The number of allylic oxidation sites excluding steroid dienone is 1. The van der Waals surface area contributed by atoms with Crippen molar-refractivity contribution in [3.05, 3.63) is 41.2 Å². The number of hydrogen-bond donors (Lipinski definition) is 2. The van der Waals surface area contributed by atoms with Crippen LogP contribution < -0.4 is 15.8 Å². The van der Waals surface area contributed by atoms with Crippen molar-refractivity contribution in [2.24, 2.45) is 5.73 Å². The van der Waals surface area contributed by atoms with E-state index in [1.165, 1.54) is 11.8 Å². The summed E-state index contributed by atoms with van der Waals surface area (Å²) in [6.45, 7) is 1.74. The quantitative estimate of drug-likeness (QED) is 0.887. The van der Waals surface area contributed by atoms with E-state index in [2.05, 4.69) is 10.2 Å². The molecule has 1 aromatic rings. The zero-order chi connectivity index (χ0) is 14.8. The van der Waals surface area contributed by atoms with E-state index in [1.54, 1.807) is 0 Å². The van der Waals surface area contributed by atoms with Gasteiger partial charge in [0.25, 0.3) is 0 Å². The molecule has 0 saturated heterocycles. The molecule has 22 heavy (non-hydrogen) atoms. The largest absolute Gasteiger partial charge is 0.488 e. The summed E-state index contributed by atoms with van der Waals surface area (Å²) in [7, 11) is 0. The Labute approximate surface area is 134 Å². The Kier molecular flexibility index (Phi) is 5.47. The number of nitrogens with one attached hydrogen (secondary N) is 1. The second-order valence-corrected chi connectivity index (χ2v) is 5.40. The summed E-state index contributed by atoms with van der Waals surface area (Å²) in [6, 6.07) is 2.30. The molecule has 0 saturated carbocycles. The average molecular weight is 332 g/mol. The van der Waals surface area contributed by atoms with Crippen molar-refractivity contribution in [3.63, 3.8) is 0 Å². The summed E-state index contributed by atoms with van der Waals surface area (Å²) in [5.74, 6) is -0.997. The van der Waals surface area contributed by atoms with Gasteiger partial charge in [0.2, 0.25) is 0 Å². The van der Waals surface area contributed by atoms with E-state index < -0.39 is 11.6 Å². The molecule has 0 fully saturated rings. The van der Waals surface area contributed by atoms with Crippen molar-refractivity contribution in [1.29, 1.82) is 0 Å². The minimum absolute atomic E-state index is 0. The smallest absolute Gasteiger partial charge is 0.168 e. The van der Waals surface area contributed by atoms with Crippen LogP contribution in [0.4, 0.5) is 8.78 Å². The van der Waals surface area contributed by atoms with Gasteiger partial charge in [0, 0.05) is 23.5 Å². The van der Waals surface area contributed by atoms with E-state index in [1.807, 2.05) is 6.20 Å². The Bertz CT molecular complexity index is 568. The van der Waals surface area contributed by atoms with E-state index in [0.29, 0.717) is 31.8 Å². The van der Waals surface area contributed by atoms with Crippen molar-refractivity contribution >= 4 is 12.4 Å². The zero-order valence-corrected chi connectivity index (χ0v) is 13.0. The number of benzene rings is 1. The van der Waals surface area contributed by atoms with Crippen LogP contribution in [0.25, 0.3) is 0 Å². The van der Waals surface area contributed by atoms with Crippen molar-refractivity contribution in [1.82, 2.24) is 10.2 Å². The highest BCUT2D eigenvalue weighted by Gasteiger charge is 2.30. The number of rotatable bonds is 4. The van der Waals surface area contributed by atoms with E-state index in [4.69, 9.17) is 10.5 Å². The summed E-state index contributed by atoms with van der Waals surface area (Å²) in [5.41, 5.74) is 7.32. The summed E-state index contributed by atoms with van der Waals surface area (Å²) in [4.78, 5) is 2.20. The van der Waals surface area contributed by atoms with Gasteiger partial charge in [-0.25, -0.2) is 8.78 Å². The molecule has 4 nitrogen and oxygen atoms in total. The maximum Gasteiger partial charge on any atom is 0.168 e. The molecule has 0 bridgehead atoms. The fourth-order valence-electron chi connectivity index (χ4n) is 2.93. The van der Waals surface area contributed by atoms with Crippen molar-refractivity contribution in [2.75, 3.05) is 19.8 Å². The van der Waals surface area contributed by atoms with Crippen LogP contribution in [-0.4, -0.2) is 30.8 Å². The summed E-state index contributed by atoms with van der Waals surface area (Å²) in [6.07, 6.45) is 4.37. The van der Waals surface area contributed by atoms with Gasteiger partial charge in [0.15, 0.2) is 11.6 Å². The molecule has 2 aliphatic heterocycles. The molecule has 0 unspecified atom stereocenters. The first-order chi connectivity index (χ1) is 10.2. The monoisotopic (exact) mass is 331 g/mol. The molecule has 2 heterocycles. The number of halogens is 3. The predicted octanol–water partition coefficient (Wildman–Crippen LogP) is 2.13. The molecule has 0 radical (unpaired) electrons. The molecule has 122 valence electrons. The Morgan fingerprint density at radius 2 is 2.18 bits per heavy atom. The van der Waals surface area contributed by atoms with E-state index in [9.17, 15) is 8.78 Å². The predicted molar refractivity (Wildman–Crippen MR) is 82.8 cm³/mol. The van der Waals surface area contributed by atoms with E-state index >= 15 is 0 Å². The molecule has 0 amide bonds. The molecule has 2 aliphatic rings. The fraction of sp³-hybridized carbons (Fsp3) is 0.467. The number of hydrogen-bond acceptors (Lipinski definition) is 4. The Hall–Kier alpha value is -1.53. The van der Waals surface area contributed by atoms with Crippen molar-refractivity contribution in [3.8, 4) is 5.75 Å². The first-order valence-corrected chi connectivity index (χ1v) is 7.19. The molecule has 7 heteroatoms. The minimum atomic E-state index is -0.623. The van der Waals surface area contributed by atoms with Gasteiger partial charge in [0.1, 0.15) is 12.4 Å². The number of nitrogens with zero attached hydrogens (tertiary/aromatic N) is 1. The Morgan fingerprint density at radius 3 is 2.95 bits per heavy atom. The summed E-state index contributed by atoms with van der Waals surface area (Å²) >= 11 is 0. The molecule has 1 aromatic carbocycles. The first-order valence-electron chi connectivity index (χ1n) is 7.19. The van der Waals surface area contributed by atoms with Gasteiger partial charge in [-0.15, -0.1) is 12.4 Å². The van der Waals surface area contributed by atoms with Gasteiger partial charge in [-0.3, -0.25) is 0 Å². The van der Waals surface area contributed by atoms with Crippen molar-refractivity contribution in [2.45, 2.75) is 25.3 Å². The van der Waals surface area contributed by atoms with Gasteiger partial charge in [-0.1, -0.05) is 0 Å². The van der Waals surface area contributed by atoms with Gasteiger partial charge in [-0.2, -0.15) is 0 Å². The Balaban J connectivity index is 0.00000176. The second kappa shape index (κ2) is 7.15. The first kappa shape index (κ1) is 16.8. The van der Waals surface area contributed by atoms with Crippen LogP contribution in [0.5, 0.6) is 5.75 Å². The van der Waals surface area contributed by atoms with Gasteiger partial charge in [-0.05, 0) is 31.9 Å². The van der Waals surface area contributed by atoms with Gasteiger partial charge >= 0.3 is 0 Å². The molecular formula is C15H20ClF2N3O. The fourth-order valence-corrected chi connectivity index (χ4v) is 2.93. The highest BCUT2D eigenvalue weighted by Crippen LogP contribution is 2.32. The van der Waals surface area contributed by atoms with Crippen LogP contribution in [0.3, 0.4) is 0 Å². The van der Waals surface area contributed by atoms with E-state index in [-0.39, 0.29) is 24.2 Å². The standard InChI is InChI=1S/C15H19F2N3O.ClH/c16-11-4-10-5-13(8-21-15(10)14(17)6-11)20-9-19-7-12(20)2-1-3-18;/h4,6-7,13,19H,1-3,5,8-9,18H2;1H/t13-;/m1./s1. The van der Waals surface area contributed by atoms with Gasteiger partial charge in [0.05, 0.1) is 12.7 Å². The normalized spacial score (nSPS) is 19.7. The summed E-state index contributed by atoms with van der Waals surface area (Å²) < 4.78 is 32.5. The third-order valence-electron chi connectivity index (χ3n) is 3.94. The highest BCUT2D eigenvalue weighted by atomic mass is 35.5. The highest BCUT2D eigenvalue weighted by molar-refractivity contribution is 5.85. The lowest BCUT2D eigenvalue weighted by Crippen LogP contribution is -2.43. The molecule has 0 aliphatic carbocycles. The van der Waals surface area contributed by atoms with Gasteiger partial charge < -0.3 is 20.7 Å². The van der Waals surface area contributed by atoms with E-state index in [0.717, 1.165) is 18.9 Å². The second-order valence-electron chi connectivity index (χ2n) is 5.40. The topological polar surface area (TPSA) is 50.5 Å². The van der Waals surface area contributed by atoms with Crippen LogP contribution in [0.1, 0.15) is 18.4 Å². The molecule has 3 N–H and O–H groups in total. The number of ether oxygens (including phenoxy) is 1. The maximum atomic E-state index is 13.7. The molecule has 1 atom stereocenters. The lowest BCUT2D eigenvalue weighted by atomic mass is 10.0. The third-order valence-corrected chi connectivity index (χ3v) is 3.94. The lowest BCUT2D eigenvalue weighted by Gasteiger charge is -2.35. The molecule has 0 spiro atoms. The third kappa shape index (κ3) is 3.28. The van der Waals surface area contributed by atoms with Crippen LogP contribution in [0.2, 0.25) is 0 Å². The minimum Gasteiger partial charge on any atom is -0.488 e. The van der Waals surface area contributed by atoms with Crippen LogP contribution in [0.15, 0.2) is 24.0 Å². The Morgan fingerprint density at radius 1 is 1.36 bits per heavy atom. The zero-order valence-electron chi connectivity index (χ0n) is 12.1. The maximum absolute atomic E-state index is 13.7. The summed E-state index contributed by atoms with van der Waals surface area (Å²) in [5, 5.41) is 3.19. The number of nitrogens with two attached hydrogens (primary N) is 1. The van der Waals surface area contributed by atoms with Crippen LogP contribution in [-0.2, 0) is 6.42 Å². The molecular weight excluding hydrogens is 312 g/mol. The molecule has 0 aromatic heterocycles. The average Bonchev–Trinajstić information content (AvgIpc) is 2.92. The van der Waals surface area contributed by atoms with Crippen molar-refractivity contribution < 1.29 is 13.5 Å². The number of fused-ring (bicyclic) bond motifs is 1. The lowest BCUT2D eigenvalue weighted by molar-refractivity contribution is 0.146.